The number of aryl methyl sites for hydroxylation is 1. The molecule has 42 heavy (non-hydrogen) atoms. The molecule has 0 spiro atoms. The molecule has 0 bridgehead atoms. The first-order valence-corrected chi connectivity index (χ1v) is 13.9. The summed E-state index contributed by atoms with van der Waals surface area (Å²) >= 11 is 0. The maximum atomic E-state index is 14.7. The zero-order valence-corrected chi connectivity index (χ0v) is 23.3. The van der Waals surface area contributed by atoms with E-state index in [-0.39, 0.29) is 11.9 Å². The van der Waals surface area contributed by atoms with E-state index >= 15 is 0 Å². The van der Waals surface area contributed by atoms with E-state index in [1.165, 1.54) is 0 Å². The molecule has 0 aliphatic carbocycles. The van der Waals surface area contributed by atoms with Gasteiger partial charge in [0.15, 0.2) is 17.2 Å². The van der Waals surface area contributed by atoms with Crippen LogP contribution in [-0.2, 0) is 6.42 Å². The van der Waals surface area contributed by atoms with E-state index in [2.05, 4.69) is 34.9 Å². The lowest BCUT2D eigenvalue weighted by Crippen LogP contribution is -2.56. The van der Waals surface area contributed by atoms with Crippen molar-refractivity contribution in [2.24, 2.45) is 5.73 Å². The van der Waals surface area contributed by atoms with Crippen LogP contribution >= 0.6 is 0 Å². The molecule has 7 rings (SSSR count). The Hall–Kier alpha value is -4.81. The van der Waals surface area contributed by atoms with Crippen LogP contribution in [0.25, 0.3) is 56.2 Å². The van der Waals surface area contributed by atoms with Gasteiger partial charge in [0.1, 0.15) is 22.8 Å². The SMILES string of the molecule is CN(C)CCCc1cc(F)cc(-c2ccnc3nc(-c4n[nH]c5ccc(-c6cncc(N7CC(N)C7)n6)nc45)[nH]c23)c1. The second kappa shape index (κ2) is 10.5. The molecule has 1 fully saturated rings. The van der Waals surface area contributed by atoms with Crippen LogP contribution < -0.4 is 10.6 Å². The second-order valence-electron chi connectivity index (χ2n) is 11.0. The third-order valence-corrected chi connectivity index (χ3v) is 7.48. The van der Waals surface area contributed by atoms with E-state index in [1.807, 2.05) is 38.4 Å². The summed E-state index contributed by atoms with van der Waals surface area (Å²) in [6.07, 6.45) is 6.86. The normalized spacial score (nSPS) is 13.9. The summed E-state index contributed by atoms with van der Waals surface area (Å²) in [5.41, 5.74) is 13.0. The fourth-order valence-corrected chi connectivity index (χ4v) is 5.35. The van der Waals surface area contributed by atoms with Crippen LogP contribution in [-0.4, -0.2) is 84.8 Å². The monoisotopic (exact) mass is 563 g/mol. The number of halogens is 1. The summed E-state index contributed by atoms with van der Waals surface area (Å²) in [7, 11) is 4.08. The van der Waals surface area contributed by atoms with Gasteiger partial charge < -0.3 is 20.5 Å². The van der Waals surface area contributed by atoms with Crippen molar-refractivity contribution >= 4 is 28.0 Å². The number of benzene rings is 1. The Balaban J connectivity index is 1.24. The van der Waals surface area contributed by atoms with Gasteiger partial charge in [0.05, 0.1) is 29.1 Å². The van der Waals surface area contributed by atoms with E-state index in [4.69, 9.17) is 20.7 Å². The van der Waals surface area contributed by atoms with Gasteiger partial charge in [0.2, 0.25) is 0 Å². The zero-order valence-electron chi connectivity index (χ0n) is 23.3. The molecule has 212 valence electrons. The number of aromatic amines is 2. The highest BCUT2D eigenvalue weighted by atomic mass is 19.1. The molecule has 12 heteroatoms. The summed E-state index contributed by atoms with van der Waals surface area (Å²) in [6, 6.07) is 11.0. The largest absolute Gasteiger partial charge is 0.352 e. The second-order valence-corrected chi connectivity index (χ2v) is 11.0. The maximum absolute atomic E-state index is 14.7. The minimum absolute atomic E-state index is 0.160. The Morgan fingerprint density at radius 1 is 1.05 bits per heavy atom. The fourth-order valence-electron chi connectivity index (χ4n) is 5.35. The van der Waals surface area contributed by atoms with Crippen molar-refractivity contribution in [3.63, 3.8) is 0 Å². The quantitative estimate of drug-likeness (QED) is 0.252. The van der Waals surface area contributed by atoms with Crippen molar-refractivity contribution in [3.8, 4) is 34.0 Å². The summed E-state index contributed by atoms with van der Waals surface area (Å²) in [5.74, 6) is 1.02. The number of anilines is 1. The minimum atomic E-state index is -0.267. The molecule has 1 saturated heterocycles. The highest BCUT2D eigenvalue weighted by molar-refractivity contribution is 5.95. The molecule has 0 saturated carbocycles. The highest BCUT2D eigenvalue weighted by Crippen LogP contribution is 2.32. The first-order chi connectivity index (χ1) is 20.4. The van der Waals surface area contributed by atoms with Gasteiger partial charge in [-0.15, -0.1) is 0 Å². The number of rotatable bonds is 8. The van der Waals surface area contributed by atoms with E-state index in [1.54, 1.807) is 30.7 Å². The van der Waals surface area contributed by atoms with Crippen molar-refractivity contribution in [1.29, 1.82) is 0 Å². The molecule has 1 aliphatic heterocycles. The van der Waals surface area contributed by atoms with Crippen molar-refractivity contribution in [2.45, 2.75) is 18.9 Å². The number of pyridine rings is 2. The van der Waals surface area contributed by atoms with Gasteiger partial charge in [-0.05, 0) is 74.9 Å². The summed E-state index contributed by atoms with van der Waals surface area (Å²) < 4.78 is 14.7. The molecule has 6 aromatic rings. The van der Waals surface area contributed by atoms with Gasteiger partial charge in [0.25, 0.3) is 0 Å². The standard InChI is InChI=1S/C30H30FN11/c1-41(2)9-3-4-17-10-18(12-19(31)11-17)21-7-8-34-29-26(21)37-30(38-29)28-27-23(39-40-28)6-5-22(36-27)24-13-33-14-25(35-24)42-15-20(32)16-42/h5-8,10-14,20H,3-4,9,15-16,32H2,1-2H3,(H,39,40)(H,34,37,38). The number of H-pyrrole nitrogens is 2. The molecule has 5 aromatic heterocycles. The lowest BCUT2D eigenvalue weighted by atomic mass is 10.0. The molecule has 4 N–H and O–H groups in total. The van der Waals surface area contributed by atoms with Crippen molar-refractivity contribution in [1.82, 2.24) is 45.0 Å². The Morgan fingerprint density at radius 3 is 2.76 bits per heavy atom. The van der Waals surface area contributed by atoms with Crippen LogP contribution in [0.5, 0.6) is 0 Å². The smallest absolute Gasteiger partial charge is 0.178 e. The average Bonchev–Trinajstić information content (AvgIpc) is 3.59. The van der Waals surface area contributed by atoms with E-state index in [0.717, 1.165) is 60.5 Å². The van der Waals surface area contributed by atoms with Gasteiger partial charge in [-0.25, -0.2) is 24.3 Å². The first kappa shape index (κ1) is 26.1. The average molecular weight is 564 g/mol. The van der Waals surface area contributed by atoms with Crippen molar-refractivity contribution < 1.29 is 4.39 Å². The van der Waals surface area contributed by atoms with Gasteiger partial charge in [0, 0.05) is 30.9 Å². The number of nitrogens with one attached hydrogen (secondary N) is 2. The lowest BCUT2D eigenvalue weighted by Gasteiger charge is -2.37. The lowest BCUT2D eigenvalue weighted by molar-refractivity contribution is 0.400. The van der Waals surface area contributed by atoms with E-state index in [0.29, 0.717) is 39.6 Å². The van der Waals surface area contributed by atoms with E-state index < -0.39 is 0 Å². The molecule has 0 radical (unpaired) electrons. The van der Waals surface area contributed by atoms with Gasteiger partial charge in [-0.3, -0.25) is 10.1 Å². The van der Waals surface area contributed by atoms with Crippen LogP contribution in [0.4, 0.5) is 10.2 Å². The summed E-state index contributed by atoms with van der Waals surface area (Å²) in [4.78, 5) is 30.8. The fraction of sp³-hybridized carbons (Fsp3) is 0.267. The van der Waals surface area contributed by atoms with Gasteiger partial charge >= 0.3 is 0 Å². The highest BCUT2D eigenvalue weighted by Gasteiger charge is 2.25. The number of imidazole rings is 1. The molecule has 11 nitrogen and oxygen atoms in total. The van der Waals surface area contributed by atoms with Gasteiger partial charge in [-0.1, -0.05) is 6.07 Å². The minimum Gasteiger partial charge on any atom is -0.352 e. The number of nitrogens with zero attached hydrogens (tertiary/aromatic N) is 8. The maximum Gasteiger partial charge on any atom is 0.178 e. The Bertz CT molecular complexity index is 1900. The van der Waals surface area contributed by atoms with Crippen LogP contribution in [0.2, 0.25) is 0 Å². The molecule has 0 unspecified atom stereocenters. The third kappa shape index (κ3) is 4.95. The number of hydrogen-bond acceptors (Lipinski definition) is 9. The van der Waals surface area contributed by atoms with Crippen molar-refractivity contribution in [3.05, 3.63) is 66.4 Å². The predicted molar refractivity (Wildman–Crippen MR) is 160 cm³/mol. The Labute approximate surface area is 241 Å². The van der Waals surface area contributed by atoms with Crippen molar-refractivity contribution in [2.75, 3.05) is 38.6 Å². The molecule has 1 aliphatic rings. The number of aromatic nitrogens is 8. The number of hydrogen-bond donors (Lipinski definition) is 3. The third-order valence-electron chi connectivity index (χ3n) is 7.48. The zero-order chi connectivity index (χ0) is 28.8. The summed E-state index contributed by atoms with van der Waals surface area (Å²) in [5, 5.41) is 7.57. The van der Waals surface area contributed by atoms with E-state index in [9.17, 15) is 4.39 Å². The molecular formula is C30H30FN11. The number of fused-ring (bicyclic) bond motifs is 2. The molecule has 0 atom stereocenters. The topological polar surface area (TPSA) is 141 Å². The van der Waals surface area contributed by atoms with Crippen LogP contribution in [0.1, 0.15) is 12.0 Å². The Kier molecular flexibility index (Phi) is 6.56. The molecule has 1 aromatic carbocycles. The Morgan fingerprint density at radius 2 is 1.93 bits per heavy atom. The predicted octanol–water partition coefficient (Wildman–Crippen LogP) is 3.80. The molecule has 0 amide bonds. The summed E-state index contributed by atoms with van der Waals surface area (Å²) in [6.45, 7) is 2.45. The molecular weight excluding hydrogens is 533 g/mol. The van der Waals surface area contributed by atoms with Crippen LogP contribution in [0.15, 0.2) is 55.0 Å². The number of nitrogens with two attached hydrogens (primary N) is 1. The first-order valence-electron chi connectivity index (χ1n) is 13.9. The van der Waals surface area contributed by atoms with Gasteiger partial charge in [-0.2, -0.15) is 5.10 Å². The van der Waals surface area contributed by atoms with Crippen LogP contribution in [0.3, 0.4) is 0 Å². The molecule has 6 heterocycles. The van der Waals surface area contributed by atoms with Crippen LogP contribution in [0, 0.1) is 5.82 Å².